The molecule has 2 aliphatic rings. The second-order valence-corrected chi connectivity index (χ2v) is 18.0. The zero-order valence-corrected chi connectivity index (χ0v) is 37.3. The van der Waals surface area contributed by atoms with E-state index in [-0.39, 0.29) is 58.9 Å². The Labute approximate surface area is 344 Å². The minimum atomic E-state index is -1.13. The number of cyclic esters (lactones) is 1. The lowest BCUT2D eigenvalue weighted by molar-refractivity contribution is -0.158. The van der Waals surface area contributed by atoms with Crippen LogP contribution in [0.1, 0.15) is 119 Å². The van der Waals surface area contributed by atoms with E-state index in [1.165, 1.54) is 4.90 Å². The summed E-state index contributed by atoms with van der Waals surface area (Å²) in [5.74, 6) is -0.138. The minimum Gasteiger partial charge on any atom is -0.475 e. The number of Topliss-reactive ketones (excluding diaryl/α,β-unsaturated/α-hetero) is 1. The number of nitrogens with zero attached hydrogens (tertiary/aromatic N) is 2. The highest BCUT2D eigenvalue weighted by molar-refractivity contribution is 5.94. The van der Waals surface area contributed by atoms with Gasteiger partial charge in [0, 0.05) is 30.2 Å². The predicted molar refractivity (Wildman–Crippen MR) is 231 cm³/mol. The van der Waals surface area contributed by atoms with Gasteiger partial charge in [-0.3, -0.25) is 14.9 Å². The lowest BCUT2D eigenvalue weighted by Crippen LogP contribution is -2.54. The summed E-state index contributed by atoms with van der Waals surface area (Å²) in [5, 5.41) is 18.0. The van der Waals surface area contributed by atoms with Gasteiger partial charge in [0.15, 0.2) is 5.78 Å². The van der Waals surface area contributed by atoms with E-state index in [1.807, 2.05) is 58.0 Å². The Morgan fingerprint density at radius 2 is 1.68 bits per heavy atom. The number of carbonyl (C=O) groups is 3. The number of nitrogens with one attached hydrogen (secondary N) is 2. The standard InChI is InChI=1S/C47H74N4O6/c1-15-30(5)39-26-37(16-2)42(52)35(10)51(14)45(54)40(25-36-21-18-28(3)19-22-36)50-43(53)32(7)24-38-27-56-44(49-38)31(6)20-17-29(4)23-41(47(11,12)13)57-46(55)34(9)48-33(39)8/h18-22,24,29-30,34-35,37-41,43,48,50,53H,8,15-17,23,25-27H2,1-7,9-14H3/b31-20+,32-24+/t29-,30-,34-,35-,37?,38-,39-,40-,41-,43?/m0/s1. The molecule has 10 atom stereocenters. The molecule has 10 nitrogen and oxygen atoms in total. The lowest BCUT2D eigenvalue weighted by Gasteiger charge is -2.35. The second kappa shape index (κ2) is 21.3. The number of ether oxygens (including phenoxy) is 2. The minimum absolute atomic E-state index is 0.0320. The Morgan fingerprint density at radius 1 is 1.04 bits per heavy atom. The lowest BCUT2D eigenvalue weighted by atomic mass is 9.78. The molecule has 1 amide bonds. The Morgan fingerprint density at radius 3 is 2.28 bits per heavy atom. The van der Waals surface area contributed by atoms with Crippen LogP contribution >= 0.6 is 0 Å². The first-order valence-electron chi connectivity index (χ1n) is 21.2. The molecule has 3 N–H and O–H groups in total. The van der Waals surface area contributed by atoms with Crippen LogP contribution in [-0.2, 0) is 30.3 Å². The Balaban J connectivity index is 2.04. The number of ketones is 1. The number of aliphatic hydroxyl groups excluding tert-OH is 1. The SMILES string of the molecule is C=C1N[C@@H](C)C(=O)O[C@H](C(C)(C)C)C[C@@H](C)C/C=C(\C)C2=N[C@@H](/C=C(\C)C(O)N[C@@H](Cc3ccc(C)cc3)C(=O)N(C)[C@@H](C)C(=O)C(CC)C[C@H]1[C@@H](C)CC)CO2. The number of aliphatic hydroxyl groups is 1. The van der Waals surface area contributed by atoms with Crippen LogP contribution in [0.5, 0.6) is 0 Å². The monoisotopic (exact) mass is 791 g/mol. The number of likely N-dealkylation sites (N-methyl/N-ethyl adjacent to an activating group) is 1. The van der Waals surface area contributed by atoms with Crippen LogP contribution in [0.4, 0.5) is 0 Å². The topological polar surface area (TPSA) is 130 Å². The van der Waals surface area contributed by atoms with Crippen LogP contribution in [0.2, 0.25) is 0 Å². The second-order valence-electron chi connectivity index (χ2n) is 18.0. The van der Waals surface area contributed by atoms with Crippen LogP contribution in [0.3, 0.4) is 0 Å². The van der Waals surface area contributed by atoms with Gasteiger partial charge in [0.05, 0.1) is 12.1 Å². The number of hydrogen-bond acceptors (Lipinski definition) is 9. The Kier molecular flexibility index (Phi) is 17.8. The van der Waals surface area contributed by atoms with Gasteiger partial charge in [-0.25, -0.2) is 9.79 Å². The first-order valence-corrected chi connectivity index (χ1v) is 21.2. The predicted octanol–water partition coefficient (Wildman–Crippen LogP) is 7.88. The van der Waals surface area contributed by atoms with Gasteiger partial charge in [0.2, 0.25) is 11.8 Å². The molecule has 0 saturated heterocycles. The van der Waals surface area contributed by atoms with Crippen molar-refractivity contribution in [3.8, 4) is 0 Å². The van der Waals surface area contributed by atoms with Crippen LogP contribution in [0.15, 0.2) is 64.8 Å². The summed E-state index contributed by atoms with van der Waals surface area (Å²) in [7, 11) is 1.67. The molecule has 0 spiro atoms. The van der Waals surface area contributed by atoms with E-state index in [1.54, 1.807) is 20.9 Å². The maximum Gasteiger partial charge on any atom is 0.328 e. The Hall–Kier alpha value is -3.76. The van der Waals surface area contributed by atoms with Crippen molar-refractivity contribution in [3.05, 3.63) is 71.0 Å². The molecule has 1 aromatic carbocycles. The van der Waals surface area contributed by atoms with E-state index in [2.05, 4.69) is 64.8 Å². The highest BCUT2D eigenvalue weighted by atomic mass is 16.5. The molecule has 2 heterocycles. The van der Waals surface area contributed by atoms with E-state index in [9.17, 15) is 19.5 Å². The number of aryl methyl sites for hydroxylation is 1. The van der Waals surface area contributed by atoms with E-state index < -0.39 is 24.4 Å². The molecule has 3 rings (SSSR count). The average molecular weight is 791 g/mol. The number of esters is 1. The Bertz CT molecular complexity index is 1620. The van der Waals surface area contributed by atoms with Crippen molar-refractivity contribution in [2.24, 2.45) is 34.1 Å². The number of allylic oxidation sites excluding steroid dienone is 2. The molecule has 0 fully saturated rings. The molecule has 2 aliphatic heterocycles. The van der Waals surface area contributed by atoms with Gasteiger partial charge in [-0.05, 0) is 95.1 Å². The van der Waals surface area contributed by atoms with Crippen molar-refractivity contribution in [1.82, 2.24) is 15.5 Å². The quantitative estimate of drug-likeness (QED) is 0.203. The van der Waals surface area contributed by atoms with Crippen molar-refractivity contribution in [2.75, 3.05) is 13.7 Å². The van der Waals surface area contributed by atoms with Crippen molar-refractivity contribution in [2.45, 2.75) is 158 Å². The first-order chi connectivity index (χ1) is 26.7. The summed E-state index contributed by atoms with van der Waals surface area (Å²) in [5.41, 5.74) is 4.01. The number of rotatable bonds is 5. The number of aliphatic imine (C=N–C) groups is 1. The van der Waals surface area contributed by atoms with E-state index in [0.29, 0.717) is 49.5 Å². The molecule has 1 aromatic rings. The molecule has 0 radical (unpaired) electrons. The molecule has 2 unspecified atom stereocenters. The van der Waals surface area contributed by atoms with Gasteiger partial charge in [0.25, 0.3) is 0 Å². The largest absolute Gasteiger partial charge is 0.475 e. The molecule has 2 bridgehead atoms. The molecule has 10 heteroatoms. The summed E-state index contributed by atoms with van der Waals surface area (Å²) >= 11 is 0. The number of carbonyl (C=O) groups excluding carboxylic acids is 3. The van der Waals surface area contributed by atoms with Crippen molar-refractivity contribution in [3.63, 3.8) is 0 Å². The number of hydrogen-bond donors (Lipinski definition) is 3. The smallest absolute Gasteiger partial charge is 0.328 e. The highest BCUT2D eigenvalue weighted by Gasteiger charge is 2.36. The normalized spacial score (nSPS) is 32.2. The maximum atomic E-state index is 14.4. The number of benzene rings is 1. The molecular weight excluding hydrogens is 717 g/mol. The number of amides is 1. The fourth-order valence-electron chi connectivity index (χ4n) is 7.54. The van der Waals surface area contributed by atoms with Crippen LogP contribution in [0.25, 0.3) is 0 Å². The van der Waals surface area contributed by atoms with Gasteiger partial charge in [-0.2, -0.15) is 0 Å². The molecule has 0 saturated carbocycles. The third kappa shape index (κ3) is 13.7. The van der Waals surface area contributed by atoms with Gasteiger partial charge in [-0.1, -0.05) is 103 Å². The zero-order chi connectivity index (χ0) is 42.8. The summed E-state index contributed by atoms with van der Waals surface area (Å²) in [6.07, 6.45) is 6.30. The van der Waals surface area contributed by atoms with Gasteiger partial charge in [0.1, 0.15) is 31.0 Å². The summed E-state index contributed by atoms with van der Waals surface area (Å²) in [4.78, 5) is 48.6. The summed E-state index contributed by atoms with van der Waals surface area (Å²) in [6.45, 7) is 28.8. The van der Waals surface area contributed by atoms with E-state index in [4.69, 9.17) is 14.5 Å². The summed E-state index contributed by atoms with van der Waals surface area (Å²) in [6, 6.07) is 5.50. The van der Waals surface area contributed by atoms with Crippen LogP contribution in [0, 0.1) is 36.0 Å². The molecule has 0 aliphatic carbocycles. The van der Waals surface area contributed by atoms with Gasteiger partial charge >= 0.3 is 5.97 Å². The third-order valence-corrected chi connectivity index (χ3v) is 12.1. The average Bonchev–Trinajstić information content (AvgIpc) is 3.63. The maximum absolute atomic E-state index is 14.4. The van der Waals surface area contributed by atoms with Gasteiger partial charge < -0.3 is 24.8 Å². The van der Waals surface area contributed by atoms with Crippen LogP contribution < -0.4 is 10.6 Å². The van der Waals surface area contributed by atoms with Crippen molar-refractivity contribution in [1.29, 1.82) is 0 Å². The fourth-order valence-corrected chi connectivity index (χ4v) is 7.54. The number of fused-ring (bicyclic) bond motifs is 1. The van der Waals surface area contributed by atoms with Crippen LogP contribution in [-0.4, -0.2) is 83.7 Å². The van der Waals surface area contributed by atoms with Crippen molar-refractivity contribution < 1.29 is 29.0 Å². The van der Waals surface area contributed by atoms with E-state index >= 15 is 0 Å². The van der Waals surface area contributed by atoms with E-state index in [0.717, 1.165) is 29.5 Å². The van der Waals surface area contributed by atoms with Gasteiger partial charge in [-0.15, -0.1) is 0 Å². The highest BCUT2D eigenvalue weighted by Crippen LogP contribution is 2.33. The first kappa shape index (κ1) is 47.6. The fraction of sp³-hybridized carbons (Fsp3) is 0.660. The third-order valence-electron chi connectivity index (χ3n) is 12.1. The molecule has 318 valence electrons. The zero-order valence-electron chi connectivity index (χ0n) is 37.3. The summed E-state index contributed by atoms with van der Waals surface area (Å²) < 4.78 is 12.2. The molecular formula is C47H74N4O6. The van der Waals surface area contributed by atoms with Crippen molar-refractivity contribution >= 4 is 23.6 Å². The molecule has 57 heavy (non-hydrogen) atoms. The molecule has 0 aromatic heterocycles.